The zero-order valence-corrected chi connectivity index (χ0v) is 23.2. The molecule has 0 radical (unpaired) electrons. The Labute approximate surface area is 231 Å². The molecule has 1 heterocycles. The molecule has 4 aromatic rings. The third kappa shape index (κ3) is 7.84. The highest BCUT2D eigenvalue weighted by Crippen LogP contribution is 2.26. The molecular weight excluding hydrogens is 494 g/mol. The lowest BCUT2D eigenvalue weighted by Gasteiger charge is -2.14. The van der Waals surface area contributed by atoms with Gasteiger partial charge in [-0.05, 0) is 66.6 Å². The van der Waals surface area contributed by atoms with Crippen LogP contribution >= 0.6 is 11.6 Å². The average molecular weight is 532 g/mol. The highest BCUT2D eigenvalue weighted by atomic mass is 35.5. The number of rotatable bonds is 14. The number of para-hydroxylation sites is 3. The molecule has 200 valence electrons. The predicted octanol–water partition coefficient (Wildman–Crippen LogP) is 7.35. The van der Waals surface area contributed by atoms with Gasteiger partial charge in [-0.3, -0.25) is 4.79 Å². The molecule has 0 aliphatic rings. The lowest BCUT2D eigenvalue weighted by atomic mass is 10.0. The predicted molar refractivity (Wildman–Crippen MR) is 156 cm³/mol. The number of ether oxygens (including phenoxy) is 1. The van der Waals surface area contributed by atoms with E-state index in [2.05, 4.69) is 60.1 Å². The van der Waals surface area contributed by atoms with E-state index in [0.717, 1.165) is 61.3 Å². The lowest BCUT2D eigenvalue weighted by molar-refractivity contribution is -0.120. The zero-order chi connectivity index (χ0) is 26.7. The Balaban J connectivity index is 1.23. The molecule has 5 nitrogen and oxygen atoms in total. The van der Waals surface area contributed by atoms with Gasteiger partial charge in [0.15, 0.2) is 0 Å². The van der Waals surface area contributed by atoms with Crippen LogP contribution in [0.5, 0.6) is 5.75 Å². The largest absolute Gasteiger partial charge is 0.493 e. The number of hydrogen-bond acceptors (Lipinski definition) is 3. The summed E-state index contributed by atoms with van der Waals surface area (Å²) < 4.78 is 8.51. The maximum absolute atomic E-state index is 12.2. The Morgan fingerprint density at radius 1 is 0.947 bits per heavy atom. The molecule has 0 unspecified atom stereocenters. The summed E-state index contributed by atoms with van der Waals surface area (Å²) in [5.41, 5.74) is 4.45. The summed E-state index contributed by atoms with van der Waals surface area (Å²) in [5, 5.41) is 3.71. The molecule has 3 aromatic carbocycles. The van der Waals surface area contributed by atoms with E-state index >= 15 is 0 Å². The molecule has 0 aliphatic carbocycles. The fraction of sp³-hybridized carbons (Fsp3) is 0.375. The van der Waals surface area contributed by atoms with Crippen molar-refractivity contribution in [2.75, 3.05) is 13.2 Å². The van der Waals surface area contributed by atoms with E-state index in [4.69, 9.17) is 21.3 Å². The molecule has 0 aliphatic heterocycles. The van der Waals surface area contributed by atoms with Gasteiger partial charge in [0.05, 0.1) is 24.1 Å². The van der Waals surface area contributed by atoms with E-state index in [0.29, 0.717) is 30.5 Å². The number of unbranched alkanes of at least 4 members (excludes halogenated alkanes) is 2. The second-order valence-corrected chi connectivity index (χ2v) is 10.5. The number of amides is 1. The first-order valence-corrected chi connectivity index (χ1v) is 14.1. The Hall–Kier alpha value is -3.31. The minimum atomic E-state index is 0.0485. The van der Waals surface area contributed by atoms with Crippen LogP contribution in [-0.4, -0.2) is 28.6 Å². The number of hydrogen-bond donors (Lipinski definition) is 1. The molecule has 1 N–H and O–H groups in total. The fourth-order valence-electron chi connectivity index (χ4n) is 4.72. The highest BCUT2D eigenvalue weighted by Gasteiger charge is 2.11. The third-order valence-corrected chi connectivity index (χ3v) is 6.99. The van der Waals surface area contributed by atoms with Crippen LogP contribution in [0.4, 0.5) is 0 Å². The van der Waals surface area contributed by atoms with Gasteiger partial charge in [0, 0.05) is 24.5 Å². The summed E-state index contributed by atoms with van der Waals surface area (Å²) in [6, 6.07) is 24.1. The fourth-order valence-corrected chi connectivity index (χ4v) is 4.85. The first kappa shape index (κ1) is 27.7. The van der Waals surface area contributed by atoms with Gasteiger partial charge < -0.3 is 14.6 Å². The average Bonchev–Trinajstić information content (AvgIpc) is 3.27. The van der Waals surface area contributed by atoms with Crippen molar-refractivity contribution in [1.82, 2.24) is 14.9 Å². The van der Waals surface area contributed by atoms with Gasteiger partial charge in [-0.25, -0.2) is 4.98 Å². The number of aryl methyl sites for hydroxylation is 2. The maximum atomic E-state index is 12.2. The van der Waals surface area contributed by atoms with Crippen molar-refractivity contribution in [1.29, 1.82) is 0 Å². The number of nitrogens with one attached hydrogen (secondary N) is 1. The van der Waals surface area contributed by atoms with E-state index in [1.807, 2.05) is 36.4 Å². The second kappa shape index (κ2) is 14.0. The van der Waals surface area contributed by atoms with Gasteiger partial charge >= 0.3 is 0 Å². The molecular formula is C32H38ClN3O2. The molecule has 0 atom stereocenters. The smallest absolute Gasteiger partial charge is 0.224 e. The Kier molecular flexibility index (Phi) is 10.2. The summed E-state index contributed by atoms with van der Waals surface area (Å²) in [6.45, 7) is 6.63. The minimum Gasteiger partial charge on any atom is -0.493 e. The molecule has 38 heavy (non-hydrogen) atoms. The van der Waals surface area contributed by atoms with Gasteiger partial charge in [-0.2, -0.15) is 0 Å². The molecule has 0 fully saturated rings. The number of fused-ring (bicyclic) bond motifs is 1. The number of carbonyl (C=O) groups is 1. The summed E-state index contributed by atoms with van der Waals surface area (Å²) in [5.74, 6) is 2.60. The van der Waals surface area contributed by atoms with Crippen LogP contribution in [0, 0.1) is 0 Å². The summed E-state index contributed by atoms with van der Waals surface area (Å²) in [4.78, 5) is 17.1. The van der Waals surface area contributed by atoms with Crippen LogP contribution in [0.1, 0.15) is 62.4 Å². The van der Waals surface area contributed by atoms with Gasteiger partial charge in [-0.1, -0.05) is 74.3 Å². The van der Waals surface area contributed by atoms with Crippen molar-refractivity contribution >= 4 is 28.5 Å². The molecule has 0 spiro atoms. The van der Waals surface area contributed by atoms with Crippen molar-refractivity contribution < 1.29 is 9.53 Å². The standard InChI is InChI=1S/C32H38ClN3O2/c1-24(2)27-11-5-8-14-30(27)38-22-10-21-36-29-13-7-6-12-28(29)35-31(36)15-4-3-9-20-34-32(37)23-25-16-18-26(33)19-17-25/h5-8,11-14,16-19,24H,3-4,9-10,15,20-23H2,1-2H3,(H,34,37). The van der Waals surface area contributed by atoms with Crippen LogP contribution in [0.15, 0.2) is 72.8 Å². The lowest BCUT2D eigenvalue weighted by Crippen LogP contribution is -2.26. The normalized spacial score (nSPS) is 11.3. The Morgan fingerprint density at radius 3 is 2.53 bits per heavy atom. The molecule has 0 bridgehead atoms. The summed E-state index contributed by atoms with van der Waals surface area (Å²) in [6.07, 6.45) is 5.25. The van der Waals surface area contributed by atoms with Crippen molar-refractivity contribution in [2.45, 2.75) is 64.8 Å². The van der Waals surface area contributed by atoms with E-state index < -0.39 is 0 Å². The van der Waals surface area contributed by atoms with E-state index in [1.165, 1.54) is 11.1 Å². The van der Waals surface area contributed by atoms with Crippen LogP contribution in [0.2, 0.25) is 5.02 Å². The summed E-state index contributed by atoms with van der Waals surface area (Å²) >= 11 is 5.91. The number of halogens is 1. The number of imidazole rings is 1. The molecule has 1 amide bonds. The Bertz CT molecular complexity index is 1310. The van der Waals surface area contributed by atoms with Crippen molar-refractivity contribution in [3.63, 3.8) is 0 Å². The SMILES string of the molecule is CC(C)c1ccccc1OCCCn1c(CCCCCNC(=O)Cc2ccc(Cl)cc2)nc2ccccc21. The van der Waals surface area contributed by atoms with Gasteiger partial charge in [0.1, 0.15) is 11.6 Å². The molecule has 4 rings (SSSR count). The molecule has 0 saturated heterocycles. The van der Waals surface area contributed by atoms with Crippen molar-refractivity contribution in [2.24, 2.45) is 0 Å². The van der Waals surface area contributed by atoms with E-state index in [-0.39, 0.29) is 5.91 Å². The van der Waals surface area contributed by atoms with Crippen LogP contribution < -0.4 is 10.1 Å². The topological polar surface area (TPSA) is 56.1 Å². The first-order chi connectivity index (χ1) is 18.5. The van der Waals surface area contributed by atoms with Crippen LogP contribution in [0.3, 0.4) is 0 Å². The van der Waals surface area contributed by atoms with Gasteiger partial charge in [0.2, 0.25) is 5.91 Å². The molecule has 0 saturated carbocycles. The van der Waals surface area contributed by atoms with E-state index in [1.54, 1.807) is 0 Å². The second-order valence-electron chi connectivity index (χ2n) is 10.0. The van der Waals surface area contributed by atoms with Gasteiger partial charge in [-0.15, -0.1) is 0 Å². The van der Waals surface area contributed by atoms with Crippen LogP contribution in [0.25, 0.3) is 11.0 Å². The third-order valence-electron chi connectivity index (χ3n) is 6.74. The first-order valence-electron chi connectivity index (χ1n) is 13.7. The maximum Gasteiger partial charge on any atom is 0.224 e. The molecule has 1 aromatic heterocycles. The highest BCUT2D eigenvalue weighted by molar-refractivity contribution is 6.30. The minimum absolute atomic E-state index is 0.0485. The summed E-state index contributed by atoms with van der Waals surface area (Å²) in [7, 11) is 0. The van der Waals surface area contributed by atoms with Crippen molar-refractivity contribution in [3.05, 3.63) is 94.8 Å². The number of nitrogens with zero attached hydrogens (tertiary/aromatic N) is 2. The monoisotopic (exact) mass is 531 g/mol. The number of benzene rings is 3. The van der Waals surface area contributed by atoms with Gasteiger partial charge in [0.25, 0.3) is 0 Å². The quantitative estimate of drug-likeness (QED) is 0.173. The van der Waals surface area contributed by atoms with Crippen molar-refractivity contribution in [3.8, 4) is 5.75 Å². The Morgan fingerprint density at radius 2 is 1.71 bits per heavy atom. The zero-order valence-electron chi connectivity index (χ0n) is 22.5. The molecule has 6 heteroatoms. The number of aromatic nitrogens is 2. The number of carbonyl (C=O) groups excluding carboxylic acids is 1. The van der Waals surface area contributed by atoms with Crippen LogP contribution in [-0.2, 0) is 24.2 Å². The van der Waals surface area contributed by atoms with E-state index in [9.17, 15) is 4.79 Å².